The molecule has 1 unspecified atom stereocenters. The summed E-state index contributed by atoms with van der Waals surface area (Å²) in [6.07, 6.45) is 2.06. The molecule has 1 aromatic rings. The second-order valence-electron chi connectivity index (χ2n) is 4.53. The van der Waals surface area contributed by atoms with Gasteiger partial charge in [-0.05, 0) is 32.6 Å². The summed E-state index contributed by atoms with van der Waals surface area (Å²) in [6.45, 7) is 6.27. The molecule has 0 saturated carbocycles. The highest BCUT2D eigenvalue weighted by molar-refractivity contribution is 5.40. The van der Waals surface area contributed by atoms with Gasteiger partial charge in [-0.25, -0.2) is 9.97 Å². The van der Waals surface area contributed by atoms with Crippen molar-refractivity contribution < 1.29 is 5.11 Å². The normalized spacial score (nSPS) is 20.4. The number of aliphatic hydroxyl groups excluding tert-OH is 1. The van der Waals surface area contributed by atoms with Gasteiger partial charge >= 0.3 is 0 Å². The molecule has 1 atom stereocenters. The number of hydrogen-bond donors (Lipinski definition) is 1. The van der Waals surface area contributed by atoms with Crippen molar-refractivity contribution in [2.75, 3.05) is 24.6 Å². The third kappa shape index (κ3) is 2.50. The summed E-state index contributed by atoms with van der Waals surface area (Å²) < 4.78 is 0. The van der Waals surface area contributed by atoms with E-state index >= 15 is 0 Å². The van der Waals surface area contributed by atoms with Crippen LogP contribution in [0.25, 0.3) is 0 Å². The third-order valence-corrected chi connectivity index (χ3v) is 3.10. The molecule has 1 aliphatic heterocycles. The van der Waals surface area contributed by atoms with Crippen LogP contribution in [0.3, 0.4) is 0 Å². The zero-order valence-electron chi connectivity index (χ0n) is 9.98. The number of rotatable bonds is 3. The van der Waals surface area contributed by atoms with E-state index in [9.17, 15) is 0 Å². The predicted molar refractivity (Wildman–Crippen MR) is 63.5 cm³/mol. The Morgan fingerprint density at radius 2 is 2.25 bits per heavy atom. The van der Waals surface area contributed by atoms with Gasteiger partial charge in [0.15, 0.2) is 0 Å². The Morgan fingerprint density at radius 1 is 1.44 bits per heavy atom. The summed E-state index contributed by atoms with van der Waals surface area (Å²) in [5, 5.41) is 8.93. The van der Waals surface area contributed by atoms with Crippen LogP contribution in [-0.4, -0.2) is 34.8 Å². The molecule has 88 valence electrons. The summed E-state index contributed by atoms with van der Waals surface area (Å²) in [5.74, 6) is 2.48. The van der Waals surface area contributed by atoms with E-state index in [2.05, 4.69) is 14.9 Å². The van der Waals surface area contributed by atoms with Gasteiger partial charge in [-0.1, -0.05) is 0 Å². The summed E-state index contributed by atoms with van der Waals surface area (Å²) in [5.41, 5.74) is 1.02. The van der Waals surface area contributed by atoms with E-state index in [0.29, 0.717) is 12.5 Å². The van der Waals surface area contributed by atoms with Crippen molar-refractivity contribution in [1.29, 1.82) is 0 Å². The second kappa shape index (κ2) is 4.78. The summed E-state index contributed by atoms with van der Waals surface area (Å²) in [4.78, 5) is 11.0. The molecule has 2 rings (SSSR count). The van der Waals surface area contributed by atoms with Crippen LogP contribution >= 0.6 is 0 Å². The second-order valence-corrected chi connectivity index (χ2v) is 4.53. The van der Waals surface area contributed by atoms with Gasteiger partial charge in [-0.3, -0.25) is 0 Å². The third-order valence-electron chi connectivity index (χ3n) is 3.10. The smallest absolute Gasteiger partial charge is 0.132 e. The molecule has 1 saturated heterocycles. The van der Waals surface area contributed by atoms with Crippen LogP contribution in [0.2, 0.25) is 0 Å². The first-order chi connectivity index (χ1) is 7.69. The lowest BCUT2D eigenvalue weighted by molar-refractivity contribution is 0.263. The highest BCUT2D eigenvalue weighted by Gasteiger charge is 2.23. The van der Waals surface area contributed by atoms with Gasteiger partial charge < -0.3 is 10.0 Å². The van der Waals surface area contributed by atoms with Gasteiger partial charge in [0.05, 0.1) is 0 Å². The van der Waals surface area contributed by atoms with Crippen LogP contribution in [0.5, 0.6) is 0 Å². The van der Waals surface area contributed by atoms with Gasteiger partial charge in [0.2, 0.25) is 0 Å². The molecular weight excluding hydrogens is 202 g/mol. The maximum atomic E-state index is 8.93. The van der Waals surface area contributed by atoms with Crippen LogP contribution in [-0.2, 0) is 0 Å². The van der Waals surface area contributed by atoms with Gasteiger partial charge in [-0.15, -0.1) is 0 Å². The van der Waals surface area contributed by atoms with Crippen LogP contribution in [0.15, 0.2) is 6.07 Å². The topological polar surface area (TPSA) is 49.2 Å². The number of nitrogens with zero attached hydrogens (tertiary/aromatic N) is 3. The number of hydrogen-bond acceptors (Lipinski definition) is 4. The van der Waals surface area contributed by atoms with E-state index in [1.807, 2.05) is 19.9 Å². The largest absolute Gasteiger partial charge is 0.396 e. The highest BCUT2D eigenvalue weighted by atomic mass is 16.3. The molecule has 0 radical (unpaired) electrons. The average Bonchev–Trinajstić information content (AvgIpc) is 2.65. The van der Waals surface area contributed by atoms with Gasteiger partial charge in [0, 0.05) is 31.5 Å². The van der Waals surface area contributed by atoms with Crippen molar-refractivity contribution in [2.45, 2.75) is 26.7 Å². The minimum atomic E-state index is 0.292. The number of anilines is 1. The fraction of sp³-hybridized carbons (Fsp3) is 0.667. The zero-order chi connectivity index (χ0) is 11.5. The van der Waals surface area contributed by atoms with Crippen molar-refractivity contribution in [3.05, 3.63) is 17.6 Å². The Balaban J connectivity index is 2.08. The summed E-state index contributed by atoms with van der Waals surface area (Å²) >= 11 is 0. The van der Waals surface area contributed by atoms with Gasteiger partial charge in [0.1, 0.15) is 11.6 Å². The molecule has 1 aromatic heterocycles. The monoisotopic (exact) mass is 221 g/mol. The van der Waals surface area contributed by atoms with Crippen molar-refractivity contribution in [2.24, 2.45) is 5.92 Å². The van der Waals surface area contributed by atoms with Crippen LogP contribution in [0.1, 0.15) is 24.4 Å². The minimum Gasteiger partial charge on any atom is -0.396 e. The van der Waals surface area contributed by atoms with Crippen molar-refractivity contribution in [3.63, 3.8) is 0 Å². The quantitative estimate of drug-likeness (QED) is 0.836. The van der Waals surface area contributed by atoms with Gasteiger partial charge in [0.25, 0.3) is 0 Å². The lowest BCUT2D eigenvalue weighted by Gasteiger charge is -2.18. The van der Waals surface area contributed by atoms with E-state index in [-0.39, 0.29) is 0 Å². The summed E-state index contributed by atoms with van der Waals surface area (Å²) in [7, 11) is 0. The van der Waals surface area contributed by atoms with Crippen molar-refractivity contribution in [3.8, 4) is 0 Å². The maximum Gasteiger partial charge on any atom is 0.132 e. The lowest BCUT2D eigenvalue weighted by Crippen LogP contribution is -2.21. The Morgan fingerprint density at radius 3 is 2.94 bits per heavy atom. The van der Waals surface area contributed by atoms with Crippen molar-refractivity contribution in [1.82, 2.24) is 9.97 Å². The summed E-state index contributed by atoms with van der Waals surface area (Å²) in [6, 6.07) is 2.04. The number of aromatic nitrogens is 2. The van der Waals surface area contributed by atoms with E-state index in [4.69, 9.17) is 5.11 Å². The van der Waals surface area contributed by atoms with E-state index in [0.717, 1.165) is 43.3 Å². The minimum absolute atomic E-state index is 0.292. The zero-order valence-corrected chi connectivity index (χ0v) is 9.98. The first kappa shape index (κ1) is 11.3. The van der Waals surface area contributed by atoms with Crippen molar-refractivity contribution >= 4 is 5.82 Å². The fourth-order valence-corrected chi connectivity index (χ4v) is 2.32. The molecule has 0 aliphatic carbocycles. The first-order valence-corrected chi connectivity index (χ1v) is 5.87. The molecule has 1 fully saturated rings. The van der Waals surface area contributed by atoms with Crippen LogP contribution in [0, 0.1) is 19.8 Å². The van der Waals surface area contributed by atoms with E-state index in [1.165, 1.54) is 0 Å². The molecule has 4 heteroatoms. The Labute approximate surface area is 96.3 Å². The molecule has 1 aliphatic rings. The molecule has 0 aromatic carbocycles. The van der Waals surface area contributed by atoms with E-state index in [1.54, 1.807) is 0 Å². The van der Waals surface area contributed by atoms with Gasteiger partial charge in [-0.2, -0.15) is 0 Å². The molecule has 2 heterocycles. The average molecular weight is 221 g/mol. The van der Waals surface area contributed by atoms with Crippen LogP contribution < -0.4 is 4.90 Å². The predicted octanol–water partition coefficient (Wildman–Crippen LogP) is 1.30. The number of aryl methyl sites for hydroxylation is 2. The number of aliphatic hydroxyl groups is 1. The molecule has 0 amide bonds. The van der Waals surface area contributed by atoms with E-state index < -0.39 is 0 Å². The Bertz CT molecular complexity index is 347. The SMILES string of the molecule is Cc1cc(N2CCC(CCO)C2)nc(C)n1. The maximum absolute atomic E-state index is 8.93. The Hall–Kier alpha value is -1.16. The molecule has 0 spiro atoms. The highest BCUT2D eigenvalue weighted by Crippen LogP contribution is 2.24. The molecule has 0 bridgehead atoms. The standard InChI is InChI=1S/C12H19N3O/c1-9-7-12(14-10(2)13-9)15-5-3-11(8-15)4-6-16/h7,11,16H,3-6,8H2,1-2H3. The molecule has 4 nitrogen and oxygen atoms in total. The Kier molecular flexibility index (Phi) is 3.39. The first-order valence-electron chi connectivity index (χ1n) is 5.87. The fourth-order valence-electron chi connectivity index (χ4n) is 2.32. The lowest BCUT2D eigenvalue weighted by atomic mass is 10.1. The molecule has 16 heavy (non-hydrogen) atoms. The van der Waals surface area contributed by atoms with Crippen LogP contribution in [0.4, 0.5) is 5.82 Å². The molecule has 1 N–H and O–H groups in total. The molecular formula is C12H19N3O.